The van der Waals surface area contributed by atoms with Gasteiger partial charge in [0.15, 0.2) is 0 Å². The highest BCUT2D eigenvalue weighted by Gasteiger charge is 2.12. The van der Waals surface area contributed by atoms with Gasteiger partial charge in [-0.05, 0) is 48.1 Å². The van der Waals surface area contributed by atoms with Crippen molar-refractivity contribution in [1.82, 2.24) is 5.32 Å². The number of hydrogen-bond donors (Lipinski definition) is 1. The Labute approximate surface area is 149 Å². The lowest BCUT2D eigenvalue weighted by Crippen LogP contribution is -2.18. The Bertz CT molecular complexity index is 873. The molecule has 3 aromatic carbocycles. The molecule has 0 saturated heterocycles. The lowest BCUT2D eigenvalue weighted by molar-refractivity contribution is 0.411. The van der Waals surface area contributed by atoms with E-state index in [-0.39, 0.29) is 6.04 Å². The van der Waals surface area contributed by atoms with Gasteiger partial charge in [-0.2, -0.15) is 0 Å². The number of hydrogen-bond acceptors (Lipinski definition) is 3. The summed E-state index contributed by atoms with van der Waals surface area (Å²) in [5, 5.41) is 6.01. The number of methoxy groups -OCH3 is 2. The molecule has 3 heteroatoms. The van der Waals surface area contributed by atoms with Crippen LogP contribution in [-0.2, 0) is 6.54 Å². The van der Waals surface area contributed by atoms with Gasteiger partial charge in [-0.3, -0.25) is 0 Å². The van der Waals surface area contributed by atoms with Crippen LogP contribution in [0.2, 0.25) is 0 Å². The van der Waals surface area contributed by atoms with Crippen LogP contribution >= 0.6 is 0 Å². The Balaban J connectivity index is 1.81. The highest BCUT2D eigenvalue weighted by Crippen LogP contribution is 2.31. The van der Waals surface area contributed by atoms with E-state index in [1.165, 1.54) is 16.5 Å². The third kappa shape index (κ3) is 3.62. The first kappa shape index (κ1) is 17.3. The molecule has 0 aromatic heterocycles. The summed E-state index contributed by atoms with van der Waals surface area (Å²) >= 11 is 0. The summed E-state index contributed by atoms with van der Waals surface area (Å²) in [5.74, 6) is 1.84. The van der Waals surface area contributed by atoms with Gasteiger partial charge in [0.1, 0.15) is 11.5 Å². The second kappa shape index (κ2) is 7.58. The van der Waals surface area contributed by atoms with Crippen LogP contribution in [0, 0.1) is 6.92 Å². The normalized spacial score (nSPS) is 12.2. The standard InChI is InChI=1S/C22H25NO2/c1-15-13-17(9-11-21(15)24-3)14-23-16(2)18-10-12-22(25-4)20-8-6-5-7-19(18)20/h5-13,16,23H,14H2,1-4H3. The molecule has 3 aromatic rings. The third-order valence-electron chi connectivity index (χ3n) is 4.68. The Morgan fingerprint density at radius 2 is 1.56 bits per heavy atom. The van der Waals surface area contributed by atoms with Gasteiger partial charge in [0, 0.05) is 18.0 Å². The van der Waals surface area contributed by atoms with Gasteiger partial charge in [0.2, 0.25) is 0 Å². The van der Waals surface area contributed by atoms with Gasteiger partial charge >= 0.3 is 0 Å². The zero-order valence-electron chi connectivity index (χ0n) is 15.3. The average molecular weight is 335 g/mol. The Kier molecular flexibility index (Phi) is 5.25. The average Bonchev–Trinajstić information content (AvgIpc) is 2.65. The molecule has 25 heavy (non-hydrogen) atoms. The Morgan fingerprint density at radius 1 is 0.880 bits per heavy atom. The minimum Gasteiger partial charge on any atom is -0.496 e. The minimum atomic E-state index is 0.234. The molecule has 1 unspecified atom stereocenters. The summed E-state index contributed by atoms with van der Waals surface area (Å²) in [6, 6.07) is 19.1. The molecule has 1 atom stereocenters. The molecule has 0 bridgehead atoms. The maximum absolute atomic E-state index is 5.49. The highest BCUT2D eigenvalue weighted by atomic mass is 16.5. The number of benzene rings is 3. The van der Waals surface area contributed by atoms with Crippen LogP contribution in [0.3, 0.4) is 0 Å². The molecule has 0 spiro atoms. The second-order valence-electron chi connectivity index (χ2n) is 6.31. The van der Waals surface area contributed by atoms with Gasteiger partial charge in [-0.15, -0.1) is 0 Å². The molecule has 0 amide bonds. The van der Waals surface area contributed by atoms with Gasteiger partial charge in [0.05, 0.1) is 14.2 Å². The van der Waals surface area contributed by atoms with E-state index in [0.29, 0.717) is 0 Å². The van der Waals surface area contributed by atoms with Crippen LogP contribution in [0.25, 0.3) is 10.8 Å². The number of nitrogens with one attached hydrogen (secondary N) is 1. The van der Waals surface area contributed by atoms with E-state index < -0.39 is 0 Å². The van der Waals surface area contributed by atoms with Crippen molar-refractivity contribution in [3.8, 4) is 11.5 Å². The van der Waals surface area contributed by atoms with E-state index in [2.05, 4.69) is 55.6 Å². The zero-order chi connectivity index (χ0) is 17.8. The molecule has 0 saturated carbocycles. The third-order valence-corrected chi connectivity index (χ3v) is 4.68. The van der Waals surface area contributed by atoms with E-state index in [0.717, 1.165) is 29.0 Å². The molecule has 0 fully saturated rings. The molecule has 0 heterocycles. The Morgan fingerprint density at radius 3 is 2.24 bits per heavy atom. The fourth-order valence-electron chi connectivity index (χ4n) is 3.28. The van der Waals surface area contributed by atoms with Gasteiger partial charge in [0.25, 0.3) is 0 Å². The smallest absolute Gasteiger partial charge is 0.126 e. The van der Waals surface area contributed by atoms with E-state index in [4.69, 9.17) is 9.47 Å². The van der Waals surface area contributed by atoms with Crippen molar-refractivity contribution in [2.24, 2.45) is 0 Å². The van der Waals surface area contributed by atoms with Crippen molar-refractivity contribution in [3.05, 3.63) is 71.3 Å². The summed E-state index contributed by atoms with van der Waals surface area (Å²) in [6.07, 6.45) is 0. The summed E-state index contributed by atoms with van der Waals surface area (Å²) in [5.41, 5.74) is 3.69. The van der Waals surface area contributed by atoms with Crippen LogP contribution in [0.5, 0.6) is 11.5 Å². The molecule has 0 aliphatic rings. The summed E-state index contributed by atoms with van der Waals surface area (Å²) in [4.78, 5) is 0. The molecule has 3 rings (SSSR count). The molecular formula is C22H25NO2. The minimum absolute atomic E-state index is 0.234. The molecule has 1 N–H and O–H groups in total. The monoisotopic (exact) mass is 335 g/mol. The molecular weight excluding hydrogens is 310 g/mol. The van der Waals surface area contributed by atoms with Crippen LogP contribution < -0.4 is 14.8 Å². The van der Waals surface area contributed by atoms with Crippen molar-refractivity contribution < 1.29 is 9.47 Å². The topological polar surface area (TPSA) is 30.5 Å². The second-order valence-corrected chi connectivity index (χ2v) is 6.31. The number of aryl methyl sites for hydroxylation is 1. The summed E-state index contributed by atoms with van der Waals surface area (Å²) in [6.45, 7) is 5.08. The fraction of sp³-hybridized carbons (Fsp3) is 0.273. The highest BCUT2D eigenvalue weighted by molar-refractivity contribution is 5.91. The first-order chi connectivity index (χ1) is 12.1. The summed E-state index contributed by atoms with van der Waals surface area (Å²) in [7, 11) is 3.42. The predicted molar refractivity (Wildman–Crippen MR) is 103 cm³/mol. The molecule has 0 aliphatic heterocycles. The zero-order valence-corrected chi connectivity index (χ0v) is 15.3. The first-order valence-corrected chi connectivity index (χ1v) is 8.56. The molecule has 3 nitrogen and oxygen atoms in total. The Hall–Kier alpha value is -2.52. The van der Waals surface area contributed by atoms with E-state index >= 15 is 0 Å². The maximum atomic E-state index is 5.49. The van der Waals surface area contributed by atoms with Crippen LogP contribution in [0.4, 0.5) is 0 Å². The quantitative estimate of drug-likeness (QED) is 0.686. The van der Waals surface area contributed by atoms with Crippen LogP contribution in [-0.4, -0.2) is 14.2 Å². The molecule has 0 radical (unpaired) electrons. The molecule has 0 aliphatic carbocycles. The van der Waals surface area contributed by atoms with Gasteiger partial charge in [-0.25, -0.2) is 0 Å². The summed E-state index contributed by atoms with van der Waals surface area (Å²) < 4.78 is 10.8. The van der Waals surface area contributed by atoms with Crippen LogP contribution in [0.1, 0.15) is 29.7 Å². The van der Waals surface area contributed by atoms with E-state index in [9.17, 15) is 0 Å². The van der Waals surface area contributed by atoms with Crippen molar-refractivity contribution in [1.29, 1.82) is 0 Å². The van der Waals surface area contributed by atoms with Crippen molar-refractivity contribution in [3.63, 3.8) is 0 Å². The number of ether oxygens (including phenoxy) is 2. The van der Waals surface area contributed by atoms with Crippen LogP contribution in [0.15, 0.2) is 54.6 Å². The lowest BCUT2D eigenvalue weighted by Gasteiger charge is -2.18. The van der Waals surface area contributed by atoms with E-state index in [1.54, 1.807) is 14.2 Å². The maximum Gasteiger partial charge on any atom is 0.126 e. The van der Waals surface area contributed by atoms with E-state index in [1.807, 2.05) is 18.2 Å². The number of rotatable bonds is 6. The van der Waals surface area contributed by atoms with Gasteiger partial charge in [-0.1, -0.05) is 42.5 Å². The van der Waals surface area contributed by atoms with Crippen molar-refractivity contribution in [2.45, 2.75) is 26.4 Å². The first-order valence-electron chi connectivity index (χ1n) is 8.56. The van der Waals surface area contributed by atoms with Crippen molar-refractivity contribution >= 4 is 10.8 Å². The molecule has 130 valence electrons. The van der Waals surface area contributed by atoms with Crippen molar-refractivity contribution in [2.75, 3.05) is 14.2 Å². The SMILES string of the molecule is COc1ccc(CNC(C)c2ccc(OC)c3ccccc23)cc1C. The fourth-order valence-corrected chi connectivity index (χ4v) is 3.28. The predicted octanol–water partition coefficient (Wildman–Crippen LogP) is 5.02. The lowest BCUT2D eigenvalue weighted by atomic mass is 9.98. The number of fused-ring (bicyclic) bond motifs is 1. The van der Waals surface area contributed by atoms with Gasteiger partial charge < -0.3 is 14.8 Å². The largest absolute Gasteiger partial charge is 0.496 e.